The summed E-state index contributed by atoms with van der Waals surface area (Å²) < 4.78 is 5.40. The van der Waals surface area contributed by atoms with E-state index < -0.39 is 0 Å². The van der Waals surface area contributed by atoms with Crippen molar-refractivity contribution in [1.82, 2.24) is 15.2 Å². The number of hydrogen-bond acceptors (Lipinski definition) is 5. The maximum absolute atomic E-state index is 11.6. The molecule has 112 valence electrons. The highest BCUT2D eigenvalue weighted by atomic mass is 16.3. The fourth-order valence-electron chi connectivity index (χ4n) is 2.93. The summed E-state index contributed by atoms with van der Waals surface area (Å²) in [5.74, 6) is 5.53. The number of furan rings is 1. The zero-order valence-corrected chi connectivity index (χ0v) is 12.3. The number of carbonyl (C=O) groups excluding carboxylic acids is 1. The smallest absolute Gasteiger partial charge is 0.268 e. The van der Waals surface area contributed by atoms with Crippen molar-refractivity contribution in [2.75, 3.05) is 26.7 Å². The van der Waals surface area contributed by atoms with Crippen LogP contribution in [-0.4, -0.2) is 48.4 Å². The van der Waals surface area contributed by atoms with Gasteiger partial charge in [-0.25, -0.2) is 5.84 Å². The van der Waals surface area contributed by atoms with Gasteiger partial charge in [-0.2, -0.15) is 0 Å². The van der Waals surface area contributed by atoms with E-state index in [9.17, 15) is 4.79 Å². The molecule has 2 heterocycles. The fraction of sp³-hybridized carbons (Fsp3) is 0.643. The Balaban J connectivity index is 1.93. The number of nitrogens with zero attached hydrogens (tertiary/aromatic N) is 2. The van der Waals surface area contributed by atoms with E-state index in [0.29, 0.717) is 23.9 Å². The largest absolute Gasteiger partial charge is 0.467 e. The molecule has 1 aliphatic rings. The van der Waals surface area contributed by atoms with E-state index in [0.717, 1.165) is 13.1 Å². The molecule has 2 rings (SSSR count). The second-order valence-electron chi connectivity index (χ2n) is 5.35. The second-order valence-corrected chi connectivity index (χ2v) is 5.35. The van der Waals surface area contributed by atoms with Crippen molar-refractivity contribution in [3.8, 4) is 0 Å². The molecule has 0 radical (unpaired) electrons. The molecule has 1 aromatic heterocycles. The van der Waals surface area contributed by atoms with Gasteiger partial charge < -0.3 is 4.42 Å². The van der Waals surface area contributed by atoms with Gasteiger partial charge in [-0.3, -0.25) is 20.0 Å². The van der Waals surface area contributed by atoms with Crippen molar-refractivity contribution in [1.29, 1.82) is 0 Å². The van der Waals surface area contributed by atoms with Crippen LogP contribution in [0.3, 0.4) is 0 Å². The maximum atomic E-state index is 11.6. The van der Waals surface area contributed by atoms with Crippen LogP contribution in [0.5, 0.6) is 0 Å². The van der Waals surface area contributed by atoms with Crippen molar-refractivity contribution >= 4 is 5.91 Å². The zero-order valence-electron chi connectivity index (χ0n) is 12.3. The highest BCUT2D eigenvalue weighted by molar-refractivity contribution is 5.94. The third kappa shape index (κ3) is 3.39. The van der Waals surface area contributed by atoms with Crippen molar-refractivity contribution in [3.63, 3.8) is 0 Å². The molecule has 0 aliphatic carbocycles. The van der Waals surface area contributed by atoms with Crippen LogP contribution in [0.1, 0.15) is 35.9 Å². The number of amides is 1. The third-order valence-corrected chi connectivity index (χ3v) is 3.96. The summed E-state index contributed by atoms with van der Waals surface area (Å²) in [5, 5.41) is 0. The van der Waals surface area contributed by atoms with Gasteiger partial charge in [0.15, 0.2) is 0 Å². The number of likely N-dealkylation sites (tertiary alicyclic amines) is 1. The molecule has 1 aliphatic heterocycles. The minimum Gasteiger partial charge on any atom is -0.467 e. The maximum Gasteiger partial charge on any atom is 0.268 e. The SMILES string of the molecule is CCN1CCCC1CN(C)Cc1occc1C(=O)NN. The molecule has 0 spiro atoms. The van der Waals surface area contributed by atoms with E-state index >= 15 is 0 Å². The predicted molar refractivity (Wildman–Crippen MR) is 77.0 cm³/mol. The summed E-state index contributed by atoms with van der Waals surface area (Å²) in [6.45, 7) is 6.09. The average Bonchev–Trinajstić information content (AvgIpc) is 3.06. The molecule has 0 bridgehead atoms. The summed E-state index contributed by atoms with van der Waals surface area (Å²) in [4.78, 5) is 16.3. The van der Waals surface area contributed by atoms with Gasteiger partial charge >= 0.3 is 0 Å². The molecule has 1 unspecified atom stereocenters. The number of carbonyl (C=O) groups is 1. The summed E-state index contributed by atoms with van der Waals surface area (Å²) in [7, 11) is 2.05. The van der Waals surface area contributed by atoms with E-state index in [2.05, 4.69) is 29.2 Å². The Labute approximate surface area is 119 Å². The number of nitrogens with two attached hydrogens (primary N) is 1. The lowest BCUT2D eigenvalue weighted by molar-refractivity contribution is 0.0949. The highest BCUT2D eigenvalue weighted by Crippen LogP contribution is 2.19. The minimum atomic E-state index is -0.307. The Kier molecular flexibility index (Phi) is 5.17. The normalized spacial score (nSPS) is 19.7. The summed E-state index contributed by atoms with van der Waals surface area (Å²) >= 11 is 0. The zero-order chi connectivity index (χ0) is 14.5. The molecule has 3 N–H and O–H groups in total. The molecular formula is C14H24N4O2. The van der Waals surface area contributed by atoms with Crippen LogP contribution in [0.15, 0.2) is 16.7 Å². The number of nitrogens with one attached hydrogen (secondary N) is 1. The Hall–Kier alpha value is -1.37. The van der Waals surface area contributed by atoms with Gasteiger partial charge in [0, 0.05) is 12.6 Å². The number of hydrogen-bond donors (Lipinski definition) is 2. The average molecular weight is 280 g/mol. The van der Waals surface area contributed by atoms with Crippen molar-refractivity contribution < 1.29 is 9.21 Å². The summed E-state index contributed by atoms with van der Waals surface area (Å²) in [5.41, 5.74) is 2.66. The topological polar surface area (TPSA) is 74.7 Å². The summed E-state index contributed by atoms with van der Waals surface area (Å²) in [6.07, 6.45) is 4.04. The molecule has 6 nitrogen and oxygen atoms in total. The van der Waals surface area contributed by atoms with Gasteiger partial charge in [0.25, 0.3) is 5.91 Å². The molecule has 6 heteroatoms. The Bertz CT molecular complexity index is 446. The van der Waals surface area contributed by atoms with Gasteiger partial charge in [0.1, 0.15) is 5.76 Å². The number of rotatable bonds is 6. The Morgan fingerprint density at radius 2 is 2.45 bits per heavy atom. The van der Waals surface area contributed by atoms with Crippen LogP contribution < -0.4 is 11.3 Å². The van der Waals surface area contributed by atoms with E-state index in [1.54, 1.807) is 6.07 Å². The van der Waals surface area contributed by atoms with Gasteiger partial charge in [0.05, 0.1) is 18.4 Å². The Morgan fingerprint density at radius 3 is 3.15 bits per heavy atom. The predicted octanol–water partition coefficient (Wildman–Crippen LogP) is 0.799. The lowest BCUT2D eigenvalue weighted by Crippen LogP contribution is -2.38. The molecule has 1 saturated heterocycles. The molecule has 1 aromatic rings. The van der Waals surface area contributed by atoms with E-state index in [1.165, 1.54) is 25.6 Å². The van der Waals surface area contributed by atoms with Crippen molar-refractivity contribution in [3.05, 3.63) is 23.7 Å². The lowest BCUT2D eigenvalue weighted by Gasteiger charge is -2.27. The highest BCUT2D eigenvalue weighted by Gasteiger charge is 2.25. The standard InChI is InChI=1S/C14H24N4O2/c1-3-18-7-4-5-11(18)9-17(2)10-13-12(6-8-20-13)14(19)16-15/h6,8,11H,3-5,7,9-10,15H2,1-2H3,(H,16,19). The van der Waals surface area contributed by atoms with Gasteiger partial charge in [-0.1, -0.05) is 6.92 Å². The number of nitrogen functional groups attached to an aromatic ring is 1. The van der Waals surface area contributed by atoms with E-state index in [-0.39, 0.29) is 5.91 Å². The van der Waals surface area contributed by atoms with Crippen LogP contribution >= 0.6 is 0 Å². The molecule has 0 aromatic carbocycles. The van der Waals surface area contributed by atoms with Crippen LogP contribution in [-0.2, 0) is 6.54 Å². The monoisotopic (exact) mass is 280 g/mol. The first-order chi connectivity index (χ1) is 9.65. The first kappa shape index (κ1) is 15.0. The summed E-state index contributed by atoms with van der Waals surface area (Å²) in [6, 6.07) is 2.26. The number of hydrazine groups is 1. The first-order valence-electron chi connectivity index (χ1n) is 7.15. The first-order valence-corrected chi connectivity index (χ1v) is 7.15. The van der Waals surface area contributed by atoms with Crippen LogP contribution in [0.4, 0.5) is 0 Å². The molecule has 1 atom stereocenters. The molecular weight excluding hydrogens is 256 g/mol. The molecule has 20 heavy (non-hydrogen) atoms. The van der Waals surface area contributed by atoms with Gasteiger partial charge in [-0.05, 0) is 39.0 Å². The van der Waals surface area contributed by atoms with Crippen LogP contribution in [0.2, 0.25) is 0 Å². The lowest BCUT2D eigenvalue weighted by atomic mass is 10.2. The van der Waals surface area contributed by atoms with E-state index in [4.69, 9.17) is 10.3 Å². The van der Waals surface area contributed by atoms with Crippen molar-refractivity contribution in [2.24, 2.45) is 5.84 Å². The van der Waals surface area contributed by atoms with Gasteiger partial charge in [-0.15, -0.1) is 0 Å². The van der Waals surface area contributed by atoms with Crippen LogP contribution in [0, 0.1) is 0 Å². The van der Waals surface area contributed by atoms with Gasteiger partial charge in [0.2, 0.25) is 0 Å². The Morgan fingerprint density at radius 1 is 1.65 bits per heavy atom. The van der Waals surface area contributed by atoms with Crippen LogP contribution in [0.25, 0.3) is 0 Å². The quantitative estimate of drug-likeness (QED) is 0.458. The minimum absolute atomic E-state index is 0.307. The number of likely N-dealkylation sites (N-methyl/N-ethyl adjacent to an activating group) is 2. The molecule has 0 saturated carbocycles. The van der Waals surface area contributed by atoms with Crippen molar-refractivity contribution in [2.45, 2.75) is 32.4 Å². The molecule has 1 amide bonds. The fourth-order valence-corrected chi connectivity index (χ4v) is 2.93. The second kappa shape index (κ2) is 6.88. The third-order valence-electron chi connectivity index (χ3n) is 3.96. The molecule has 1 fully saturated rings. The van der Waals surface area contributed by atoms with E-state index in [1.807, 2.05) is 0 Å².